The van der Waals surface area contributed by atoms with Crippen LogP contribution in [-0.2, 0) is 6.42 Å². The zero-order valence-electron chi connectivity index (χ0n) is 11.6. The lowest BCUT2D eigenvalue weighted by atomic mass is 9.99. The first-order valence-electron chi connectivity index (χ1n) is 6.40. The number of rotatable bonds is 4. The van der Waals surface area contributed by atoms with Crippen molar-refractivity contribution in [2.24, 2.45) is 0 Å². The van der Waals surface area contributed by atoms with Gasteiger partial charge in [-0.2, -0.15) is 0 Å². The van der Waals surface area contributed by atoms with Crippen molar-refractivity contribution in [3.63, 3.8) is 0 Å². The number of hydrogen-bond donors (Lipinski definition) is 1. The standard InChI is InChI=1S/C16H21NS/c1-11-5-7-14(8-6-11)10-16(17-4)15-9-12(2)18-13(15)3/h5-9,16-17H,10H2,1-4H3. The number of nitrogens with one attached hydrogen (secondary N) is 1. The van der Waals surface area contributed by atoms with Gasteiger partial charge in [-0.3, -0.25) is 0 Å². The molecule has 2 heteroatoms. The molecule has 1 atom stereocenters. The van der Waals surface area contributed by atoms with Crippen molar-refractivity contribution in [2.75, 3.05) is 7.05 Å². The Hall–Kier alpha value is -1.12. The molecular formula is C16H21NS. The highest BCUT2D eigenvalue weighted by atomic mass is 32.1. The highest BCUT2D eigenvalue weighted by Crippen LogP contribution is 2.28. The molecule has 18 heavy (non-hydrogen) atoms. The summed E-state index contributed by atoms with van der Waals surface area (Å²) in [6.07, 6.45) is 1.05. The molecule has 1 heterocycles. The van der Waals surface area contributed by atoms with Crippen LogP contribution in [0.4, 0.5) is 0 Å². The minimum absolute atomic E-state index is 0.414. The predicted molar refractivity (Wildman–Crippen MR) is 80.5 cm³/mol. The number of hydrogen-bond acceptors (Lipinski definition) is 2. The summed E-state index contributed by atoms with van der Waals surface area (Å²) in [4.78, 5) is 2.82. The van der Waals surface area contributed by atoms with Crippen LogP contribution in [0.1, 0.15) is 32.5 Å². The van der Waals surface area contributed by atoms with Crippen LogP contribution in [0.25, 0.3) is 0 Å². The van der Waals surface area contributed by atoms with Gasteiger partial charge in [0.1, 0.15) is 0 Å². The molecule has 0 radical (unpaired) electrons. The van der Waals surface area contributed by atoms with Gasteiger partial charge in [0.2, 0.25) is 0 Å². The van der Waals surface area contributed by atoms with Gasteiger partial charge in [-0.25, -0.2) is 0 Å². The second kappa shape index (κ2) is 5.68. The first-order chi connectivity index (χ1) is 8.60. The highest BCUT2D eigenvalue weighted by Gasteiger charge is 2.14. The fourth-order valence-corrected chi connectivity index (χ4v) is 3.31. The second-order valence-corrected chi connectivity index (χ2v) is 6.36. The lowest BCUT2D eigenvalue weighted by Gasteiger charge is -2.16. The topological polar surface area (TPSA) is 12.0 Å². The van der Waals surface area contributed by atoms with E-state index >= 15 is 0 Å². The van der Waals surface area contributed by atoms with Crippen molar-refractivity contribution in [1.29, 1.82) is 0 Å². The molecule has 0 aliphatic heterocycles. The molecule has 0 amide bonds. The van der Waals surface area contributed by atoms with Crippen LogP contribution >= 0.6 is 11.3 Å². The van der Waals surface area contributed by atoms with Crippen molar-refractivity contribution in [1.82, 2.24) is 5.32 Å². The molecule has 0 spiro atoms. The average Bonchev–Trinajstić information content (AvgIpc) is 2.68. The van der Waals surface area contributed by atoms with Crippen LogP contribution in [-0.4, -0.2) is 7.05 Å². The number of thiophene rings is 1. The highest BCUT2D eigenvalue weighted by molar-refractivity contribution is 7.12. The van der Waals surface area contributed by atoms with E-state index in [1.807, 2.05) is 18.4 Å². The second-order valence-electron chi connectivity index (χ2n) is 4.90. The predicted octanol–water partition coefficient (Wildman–Crippen LogP) is 4.18. The van der Waals surface area contributed by atoms with E-state index in [0.717, 1.165) is 6.42 Å². The quantitative estimate of drug-likeness (QED) is 0.868. The van der Waals surface area contributed by atoms with Gasteiger partial charge < -0.3 is 5.32 Å². The van der Waals surface area contributed by atoms with Crippen LogP contribution in [0, 0.1) is 20.8 Å². The van der Waals surface area contributed by atoms with Gasteiger partial charge in [0.05, 0.1) is 0 Å². The maximum atomic E-state index is 3.44. The SMILES string of the molecule is CNC(Cc1ccc(C)cc1)c1cc(C)sc1C. The van der Waals surface area contributed by atoms with Gasteiger partial charge in [-0.1, -0.05) is 29.8 Å². The summed E-state index contributed by atoms with van der Waals surface area (Å²) in [5.41, 5.74) is 4.16. The molecule has 2 aromatic rings. The van der Waals surface area contributed by atoms with E-state index in [1.165, 1.54) is 26.4 Å². The molecule has 1 unspecified atom stereocenters. The first kappa shape index (κ1) is 13.3. The molecule has 0 bridgehead atoms. The molecule has 0 aliphatic carbocycles. The minimum atomic E-state index is 0.414. The summed E-state index contributed by atoms with van der Waals surface area (Å²) >= 11 is 1.89. The maximum absolute atomic E-state index is 3.44. The van der Waals surface area contributed by atoms with Crippen LogP contribution in [0.3, 0.4) is 0 Å². The van der Waals surface area contributed by atoms with Gasteiger partial charge in [-0.15, -0.1) is 11.3 Å². The normalized spacial score (nSPS) is 12.7. The largest absolute Gasteiger partial charge is 0.313 e. The van der Waals surface area contributed by atoms with Crippen molar-refractivity contribution < 1.29 is 0 Å². The molecule has 1 nitrogen and oxygen atoms in total. The van der Waals surface area contributed by atoms with E-state index in [4.69, 9.17) is 0 Å². The minimum Gasteiger partial charge on any atom is -0.313 e. The van der Waals surface area contributed by atoms with Crippen molar-refractivity contribution in [2.45, 2.75) is 33.2 Å². The Morgan fingerprint density at radius 3 is 2.28 bits per heavy atom. The van der Waals surface area contributed by atoms with E-state index in [-0.39, 0.29) is 0 Å². The third-order valence-corrected chi connectivity index (χ3v) is 4.35. The Labute approximate surface area is 114 Å². The summed E-state index contributed by atoms with van der Waals surface area (Å²) in [6.45, 7) is 6.53. The van der Waals surface area contributed by atoms with E-state index < -0.39 is 0 Å². The molecule has 1 N–H and O–H groups in total. The molecule has 0 saturated heterocycles. The van der Waals surface area contributed by atoms with Gasteiger partial charge in [0.25, 0.3) is 0 Å². The van der Waals surface area contributed by atoms with E-state index in [0.29, 0.717) is 6.04 Å². The van der Waals surface area contributed by atoms with Crippen molar-refractivity contribution >= 4 is 11.3 Å². The number of benzene rings is 1. The Balaban J connectivity index is 2.19. The van der Waals surface area contributed by atoms with Gasteiger partial charge >= 0.3 is 0 Å². The molecule has 1 aromatic carbocycles. The Morgan fingerprint density at radius 2 is 1.78 bits per heavy atom. The maximum Gasteiger partial charge on any atom is 0.0369 e. The molecule has 96 valence electrons. The third kappa shape index (κ3) is 3.01. The van der Waals surface area contributed by atoms with E-state index in [9.17, 15) is 0 Å². The Kier molecular flexibility index (Phi) is 4.20. The number of aryl methyl sites for hydroxylation is 3. The van der Waals surface area contributed by atoms with Crippen LogP contribution in [0.15, 0.2) is 30.3 Å². The average molecular weight is 259 g/mol. The summed E-state index contributed by atoms with van der Waals surface area (Å²) in [5, 5.41) is 3.44. The van der Waals surface area contributed by atoms with Gasteiger partial charge in [0.15, 0.2) is 0 Å². The van der Waals surface area contributed by atoms with Gasteiger partial charge in [-0.05, 0) is 51.4 Å². The van der Waals surface area contributed by atoms with Crippen LogP contribution in [0.2, 0.25) is 0 Å². The summed E-state index contributed by atoms with van der Waals surface area (Å²) in [7, 11) is 2.05. The summed E-state index contributed by atoms with van der Waals surface area (Å²) < 4.78 is 0. The fourth-order valence-electron chi connectivity index (χ4n) is 2.32. The lowest BCUT2D eigenvalue weighted by Crippen LogP contribution is -2.19. The zero-order chi connectivity index (χ0) is 13.1. The molecule has 1 aromatic heterocycles. The summed E-state index contributed by atoms with van der Waals surface area (Å²) in [6, 6.07) is 11.6. The molecule has 2 rings (SSSR count). The Morgan fingerprint density at radius 1 is 1.11 bits per heavy atom. The fraction of sp³-hybridized carbons (Fsp3) is 0.375. The smallest absolute Gasteiger partial charge is 0.0369 e. The van der Waals surface area contributed by atoms with E-state index in [1.54, 1.807) is 0 Å². The molecule has 0 saturated carbocycles. The van der Waals surface area contributed by atoms with Gasteiger partial charge in [0, 0.05) is 15.8 Å². The Bertz CT molecular complexity index is 510. The zero-order valence-corrected chi connectivity index (χ0v) is 12.4. The summed E-state index contributed by atoms with van der Waals surface area (Å²) in [5.74, 6) is 0. The third-order valence-electron chi connectivity index (χ3n) is 3.36. The molecule has 0 fully saturated rings. The molecule has 0 aliphatic rings. The van der Waals surface area contributed by atoms with E-state index in [2.05, 4.69) is 56.4 Å². The molecular weight excluding hydrogens is 238 g/mol. The van der Waals surface area contributed by atoms with Crippen LogP contribution in [0.5, 0.6) is 0 Å². The van der Waals surface area contributed by atoms with Crippen molar-refractivity contribution in [3.05, 3.63) is 56.8 Å². The van der Waals surface area contributed by atoms with Crippen LogP contribution < -0.4 is 5.32 Å². The first-order valence-corrected chi connectivity index (χ1v) is 7.21. The number of likely N-dealkylation sites (N-methyl/N-ethyl adjacent to an activating group) is 1. The van der Waals surface area contributed by atoms with Crippen molar-refractivity contribution in [3.8, 4) is 0 Å². The monoisotopic (exact) mass is 259 g/mol. The lowest BCUT2D eigenvalue weighted by molar-refractivity contribution is 0.591.